The molecule has 1 aliphatic rings. The van der Waals surface area contributed by atoms with E-state index in [0.29, 0.717) is 28.0 Å². The molecule has 0 spiro atoms. The van der Waals surface area contributed by atoms with Crippen LogP contribution in [0.2, 0.25) is 10.0 Å². The van der Waals surface area contributed by atoms with Crippen molar-refractivity contribution in [3.05, 3.63) is 33.8 Å². The number of hydrogen-bond acceptors (Lipinski definition) is 8. The Labute approximate surface area is 247 Å². The zero-order valence-corrected chi connectivity index (χ0v) is 26.4. The molecule has 0 radical (unpaired) electrons. The van der Waals surface area contributed by atoms with Crippen LogP contribution in [0.15, 0.2) is 18.2 Å². The Morgan fingerprint density at radius 2 is 1.60 bits per heavy atom. The van der Waals surface area contributed by atoms with Gasteiger partial charge >= 0.3 is 18.2 Å². The fourth-order valence-corrected chi connectivity index (χ4v) is 4.54. The van der Waals surface area contributed by atoms with Crippen LogP contribution in [0.3, 0.4) is 0 Å². The second-order valence-corrected chi connectivity index (χ2v) is 13.3. The lowest BCUT2D eigenvalue weighted by atomic mass is 9.91. The standard InChI is InChI=1S/C29H43Cl2NO8/c1-17(2)14-37-24-18(3)38-25(33)23(16-36-15-20(24)12-19-10-11-21(30)13-22(19)31)32(26(34)39-28(4,5)6)27(35)40-29(7,8)9/h10-11,13,17-18,20,23-24H,12,14-16H2,1-9H3/t18-,20-,23-,24-/m0/s1. The smallest absolute Gasteiger partial charge is 0.420 e. The molecule has 0 unspecified atom stereocenters. The highest BCUT2D eigenvalue weighted by molar-refractivity contribution is 6.35. The predicted octanol–water partition coefficient (Wildman–Crippen LogP) is 6.70. The maximum Gasteiger partial charge on any atom is 0.420 e. The molecule has 0 bridgehead atoms. The number of cyclic esters (lactones) is 1. The summed E-state index contributed by atoms with van der Waals surface area (Å²) in [7, 11) is 0. The molecule has 4 atom stereocenters. The Morgan fingerprint density at radius 1 is 1.02 bits per heavy atom. The SMILES string of the molecule is CC(C)CO[C@@H]1[C@@H](Cc2ccc(Cl)cc2Cl)COC[C@H](N(C(=O)OC(C)(C)C)C(=O)OC(C)(C)C)C(=O)O[C@H]1C. The second kappa shape index (κ2) is 14.2. The molecule has 2 amide bonds. The van der Waals surface area contributed by atoms with Gasteiger partial charge in [-0.1, -0.05) is 43.1 Å². The van der Waals surface area contributed by atoms with E-state index < -0.39 is 47.6 Å². The molecule has 1 aromatic carbocycles. The highest BCUT2D eigenvalue weighted by atomic mass is 35.5. The van der Waals surface area contributed by atoms with E-state index in [-0.39, 0.29) is 25.0 Å². The predicted molar refractivity (Wildman–Crippen MR) is 153 cm³/mol. The van der Waals surface area contributed by atoms with Gasteiger partial charge in [-0.2, -0.15) is 4.90 Å². The summed E-state index contributed by atoms with van der Waals surface area (Å²) in [5.41, 5.74) is -1.05. The normalized spacial score (nSPS) is 22.6. The van der Waals surface area contributed by atoms with E-state index in [1.807, 2.05) is 19.9 Å². The quantitative estimate of drug-likeness (QED) is 0.261. The lowest BCUT2D eigenvalue weighted by molar-refractivity contribution is -0.164. The number of benzene rings is 1. The molecule has 0 aliphatic carbocycles. The Bertz CT molecular complexity index is 1010. The van der Waals surface area contributed by atoms with Crippen LogP contribution in [0.5, 0.6) is 0 Å². The third kappa shape index (κ3) is 10.7. The van der Waals surface area contributed by atoms with Gasteiger partial charge in [-0.25, -0.2) is 14.4 Å². The summed E-state index contributed by atoms with van der Waals surface area (Å²) in [5.74, 6) is -0.901. The van der Waals surface area contributed by atoms with Gasteiger partial charge in [0.1, 0.15) is 17.3 Å². The van der Waals surface area contributed by atoms with Gasteiger partial charge in [0.2, 0.25) is 0 Å². The maximum atomic E-state index is 13.5. The molecule has 2 rings (SSSR count). The average Bonchev–Trinajstić information content (AvgIpc) is 2.81. The van der Waals surface area contributed by atoms with Gasteiger partial charge in [-0.3, -0.25) is 0 Å². The second-order valence-electron chi connectivity index (χ2n) is 12.4. The fourth-order valence-electron chi connectivity index (χ4n) is 4.06. The molecule has 0 saturated carbocycles. The Kier molecular flexibility index (Phi) is 12.1. The lowest BCUT2D eigenvalue weighted by Crippen LogP contribution is -2.54. The van der Waals surface area contributed by atoms with Gasteiger partial charge in [0.15, 0.2) is 6.04 Å². The topological polar surface area (TPSA) is 101 Å². The van der Waals surface area contributed by atoms with Crippen molar-refractivity contribution in [1.29, 1.82) is 0 Å². The van der Waals surface area contributed by atoms with Crippen LogP contribution in [0.4, 0.5) is 9.59 Å². The van der Waals surface area contributed by atoms with Crippen LogP contribution in [0, 0.1) is 11.8 Å². The van der Waals surface area contributed by atoms with Crippen molar-refractivity contribution < 1.29 is 38.1 Å². The first-order chi connectivity index (χ1) is 18.4. The van der Waals surface area contributed by atoms with Crippen molar-refractivity contribution in [3.8, 4) is 0 Å². The summed E-state index contributed by atoms with van der Waals surface area (Å²) < 4.78 is 29.0. The monoisotopic (exact) mass is 603 g/mol. The van der Waals surface area contributed by atoms with Crippen molar-refractivity contribution in [3.63, 3.8) is 0 Å². The van der Waals surface area contributed by atoms with Gasteiger partial charge in [0.25, 0.3) is 0 Å². The third-order valence-electron chi connectivity index (χ3n) is 5.72. The lowest BCUT2D eigenvalue weighted by Gasteiger charge is -2.33. The van der Waals surface area contributed by atoms with E-state index in [0.717, 1.165) is 5.56 Å². The van der Waals surface area contributed by atoms with E-state index >= 15 is 0 Å². The number of halogens is 2. The number of esters is 1. The number of imide groups is 1. The molecule has 40 heavy (non-hydrogen) atoms. The van der Waals surface area contributed by atoms with E-state index in [1.165, 1.54) is 0 Å². The zero-order chi connectivity index (χ0) is 30.4. The molecule has 1 fully saturated rings. The van der Waals surface area contributed by atoms with Crippen molar-refractivity contribution in [2.24, 2.45) is 11.8 Å². The highest BCUT2D eigenvalue weighted by Crippen LogP contribution is 2.29. The van der Waals surface area contributed by atoms with Gasteiger partial charge in [-0.15, -0.1) is 0 Å². The van der Waals surface area contributed by atoms with Crippen LogP contribution in [-0.2, 0) is 34.9 Å². The number of ether oxygens (including phenoxy) is 5. The van der Waals surface area contributed by atoms with E-state index in [4.69, 9.17) is 46.9 Å². The number of rotatable bonds is 6. The molecule has 226 valence electrons. The molecule has 0 aromatic heterocycles. The van der Waals surface area contributed by atoms with Crippen molar-refractivity contribution in [1.82, 2.24) is 4.90 Å². The first kappa shape index (κ1) is 34.1. The number of amides is 2. The van der Waals surface area contributed by atoms with Crippen molar-refractivity contribution >= 4 is 41.4 Å². The molecule has 1 aromatic rings. The first-order valence-electron chi connectivity index (χ1n) is 13.5. The van der Waals surface area contributed by atoms with Gasteiger partial charge in [0, 0.05) is 22.6 Å². The Balaban J connectivity index is 2.44. The molecule has 0 N–H and O–H groups in total. The molecule has 11 heteroatoms. The summed E-state index contributed by atoms with van der Waals surface area (Å²) >= 11 is 12.6. The molecule has 1 saturated heterocycles. The van der Waals surface area contributed by atoms with Crippen LogP contribution in [0.1, 0.15) is 67.9 Å². The van der Waals surface area contributed by atoms with Gasteiger partial charge < -0.3 is 23.7 Å². The van der Waals surface area contributed by atoms with Crippen molar-refractivity contribution in [2.45, 2.75) is 98.2 Å². The summed E-state index contributed by atoms with van der Waals surface area (Å²) in [6, 6.07) is 3.80. The van der Waals surface area contributed by atoms with E-state index in [1.54, 1.807) is 60.6 Å². The van der Waals surface area contributed by atoms with Crippen LogP contribution < -0.4 is 0 Å². The van der Waals surface area contributed by atoms with Crippen molar-refractivity contribution in [2.75, 3.05) is 19.8 Å². The number of carbonyl (C=O) groups is 3. The van der Waals surface area contributed by atoms with Crippen LogP contribution in [-0.4, -0.2) is 72.3 Å². The molecular weight excluding hydrogens is 561 g/mol. The zero-order valence-electron chi connectivity index (χ0n) is 24.9. The third-order valence-corrected chi connectivity index (χ3v) is 6.31. The summed E-state index contributed by atoms with van der Waals surface area (Å²) in [5, 5.41) is 1.01. The Morgan fingerprint density at radius 3 is 2.10 bits per heavy atom. The Hall–Kier alpha value is -2.07. The number of nitrogens with zero attached hydrogens (tertiary/aromatic N) is 1. The van der Waals surface area contributed by atoms with Crippen LogP contribution in [0.25, 0.3) is 0 Å². The minimum Gasteiger partial charge on any atom is -0.458 e. The van der Waals surface area contributed by atoms with E-state index in [9.17, 15) is 14.4 Å². The maximum absolute atomic E-state index is 13.5. The summed E-state index contributed by atoms with van der Waals surface area (Å²) in [4.78, 5) is 40.5. The fraction of sp³-hybridized carbons (Fsp3) is 0.690. The first-order valence-corrected chi connectivity index (χ1v) is 14.2. The average molecular weight is 605 g/mol. The molecule has 9 nitrogen and oxygen atoms in total. The van der Waals surface area contributed by atoms with E-state index in [2.05, 4.69) is 0 Å². The molecule has 1 aliphatic heterocycles. The molecule has 1 heterocycles. The number of carbonyl (C=O) groups excluding carboxylic acids is 3. The summed E-state index contributed by atoms with van der Waals surface area (Å²) in [6.45, 7) is 15.9. The van der Waals surface area contributed by atoms with Gasteiger partial charge in [0.05, 0.1) is 19.3 Å². The number of hydrogen-bond donors (Lipinski definition) is 0. The summed E-state index contributed by atoms with van der Waals surface area (Å²) in [6.07, 6.45) is -2.95. The van der Waals surface area contributed by atoms with Gasteiger partial charge in [-0.05, 0) is 78.5 Å². The molecular formula is C29H43Cl2NO8. The van der Waals surface area contributed by atoms with Crippen LogP contribution >= 0.6 is 23.2 Å². The largest absolute Gasteiger partial charge is 0.458 e. The highest BCUT2D eigenvalue weighted by Gasteiger charge is 2.44. The minimum absolute atomic E-state index is 0.135. The minimum atomic E-state index is -1.45.